The number of carbonyl (C=O) groups is 1. The summed E-state index contributed by atoms with van der Waals surface area (Å²) in [6.45, 7) is 3.22. The zero-order chi connectivity index (χ0) is 17.6. The average Bonchev–Trinajstić information content (AvgIpc) is 2.54. The molecular weight excluding hydrogens is 326 g/mol. The third-order valence-electron chi connectivity index (χ3n) is 4.68. The van der Waals surface area contributed by atoms with Gasteiger partial charge in [0.15, 0.2) is 0 Å². The first-order chi connectivity index (χ1) is 11.5. The Hall–Kier alpha value is -1.14. The van der Waals surface area contributed by atoms with Crippen LogP contribution in [0.15, 0.2) is 24.3 Å². The molecule has 0 saturated carbocycles. The van der Waals surface area contributed by atoms with Gasteiger partial charge in [0.1, 0.15) is 6.04 Å². The average molecular weight is 354 g/mol. The number of likely N-dealkylation sites (N-methyl/N-ethyl adjacent to an activating group) is 1. The minimum Gasteiger partial charge on any atom is -0.384 e. The molecule has 2 N–H and O–H groups in total. The van der Waals surface area contributed by atoms with Gasteiger partial charge in [-0.15, -0.1) is 0 Å². The van der Waals surface area contributed by atoms with Crippen molar-refractivity contribution in [1.29, 1.82) is 0 Å². The van der Waals surface area contributed by atoms with E-state index < -0.39 is 0 Å². The first kappa shape index (κ1) is 19.2. The number of carbonyl (C=O) groups excluding carboxylic acids is 1. The maximum absolute atomic E-state index is 12.8. The highest BCUT2D eigenvalue weighted by atomic mass is 35.5. The van der Waals surface area contributed by atoms with E-state index in [2.05, 4.69) is 10.6 Å². The number of ether oxygens (including phenoxy) is 1. The molecule has 0 aliphatic carbocycles. The van der Waals surface area contributed by atoms with Crippen LogP contribution in [-0.2, 0) is 9.53 Å². The van der Waals surface area contributed by atoms with Crippen LogP contribution in [0.4, 0.5) is 0 Å². The van der Waals surface area contributed by atoms with Crippen LogP contribution in [0.1, 0.15) is 24.4 Å². The van der Waals surface area contributed by atoms with Crippen molar-refractivity contribution in [3.63, 3.8) is 0 Å². The molecule has 1 atom stereocenters. The third kappa shape index (κ3) is 4.93. The number of nitrogens with zero attached hydrogens (tertiary/aromatic N) is 1. The number of nitrogens with one attached hydrogen (secondary N) is 2. The molecule has 134 valence electrons. The summed E-state index contributed by atoms with van der Waals surface area (Å²) < 4.78 is 5.42. The molecule has 1 heterocycles. The van der Waals surface area contributed by atoms with Gasteiger partial charge in [-0.3, -0.25) is 9.69 Å². The molecule has 5 nitrogen and oxygen atoms in total. The highest BCUT2D eigenvalue weighted by Gasteiger charge is 2.33. The topological polar surface area (TPSA) is 53.6 Å². The van der Waals surface area contributed by atoms with E-state index in [1.165, 1.54) is 0 Å². The first-order valence-electron chi connectivity index (χ1n) is 8.37. The lowest BCUT2D eigenvalue weighted by Crippen LogP contribution is -2.49. The van der Waals surface area contributed by atoms with Crippen molar-refractivity contribution >= 4 is 17.5 Å². The Labute approximate surface area is 149 Å². The molecule has 0 bridgehead atoms. The molecule has 24 heavy (non-hydrogen) atoms. The number of rotatable bonds is 7. The van der Waals surface area contributed by atoms with E-state index in [9.17, 15) is 4.79 Å². The Morgan fingerprint density at radius 1 is 1.42 bits per heavy atom. The van der Waals surface area contributed by atoms with Crippen molar-refractivity contribution < 1.29 is 9.53 Å². The smallest absolute Gasteiger partial charge is 0.241 e. The summed E-state index contributed by atoms with van der Waals surface area (Å²) in [4.78, 5) is 14.7. The SMILES string of the molecule is COCC1(CNC(=O)C(c2cccc(Cl)c2)N(C)C)CCNCC1. The summed E-state index contributed by atoms with van der Waals surface area (Å²) in [5, 5.41) is 7.15. The minimum absolute atomic E-state index is 0.00345. The fourth-order valence-electron chi connectivity index (χ4n) is 3.37. The van der Waals surface area contributed by atoms with Crippen molar-refractivity contribution in [2.75, 3.05) is 47.4 Å². The van der Waals surface area contributed by atoms with Gasteiger partial charge in [-0.2, -0.15) is 0 Å². The van der Waals surface area contributed by atoms with Crippen molar-refractivity contribution in [3.8, 4) is 0 Å². The van der Waals surface area contributed by atoms with Crippen molar-refractivity contribution in [2.24, 2.45) is 5.41 Å². The van der Waals surface area contributed by atoms with Crippen LogP contribution in [-0.4, -0.2) is 58.3 Å². The van der Waals surface area contributed by atoms with Crippen LogP contribution >= 0.6 is 11.6 Å². The largest absolute Gasteiger partial charge is 0.384 e. The number of hydrogen-bond acceptors (Lipinski definition) is 4. The maximum Gasteiger partial charge on any atom is 0.241 e. The highest BCUT2D eigenvalue weighted by molar-refractivity contribution is 6.30. The zero-order valence-corrected chi connectivity index (χ0v) is 15.5. The lowest BCUT2D eigenvalue weighted by molar-refractivity contribution is -0.126. The predicted molar refractivity (Wildman–Crippen MR) is 97.3 cm³/mol. The van der Waals surface area contributed by atoms with Crippen molar-refractivity contribution in [1.82, 2.24) is 15.5 Å². The molecule has 1 saturated heterocycles. The number of amides is 1. The van der Waals surface area contributed by atoms with E-state index in [1.807, 2.05) is 43.3 Å². The highest BCUT2D eigenvalue weighted by Crippen LogP contribution is 2.29. The summed E-state index contributed by atoms with van der Waals surface area (Å²) >= 11 is 6.09. The predicted octanol–water partition coefficient (Wildman–Crippen LogP) is 2.08. The van der Waals surface area contributed by atoms with E-state index in [0.717, 1.165) is 31.5 Å². The second kappa shape index (κ2) is 8.81. The number of benzene rings is 1. The molecule has 0 radical (unpaired) electrons. The van der Waals surface area contributed by atoms with Gasteiger partial charge in [0.05, 0.1) is 6.61 Å². The molecule has 2 rings (SSSR count). The summed E-state index contributed by atoms with van der Waals surface area (Å²) in [6, 6.07) is 7.12. The molecule has 1 aromatic rings. The molecule has 1 amide bonds. The molecule has 1 aliphatic rings. The maximum atomic E-state index is 12.8. The Bertz CT molecular complexity index is 539. The molecule has 6 heteroatoms. The van der Waals surface area contributed by atoms with Gasteiger partial charge in [-0.1, -0.05) is 23.7 Å². The van der Waals surface area contributed by atoms with Crippen LogP contribution < -0.4 is 10.6 Å². The van der Waals surface area contributed by atoms with E-state index >= 15 is 0 Å². The van der Waals surface area contributed by atoms with Crippen molar-refractivity contribution in [2.45, 2.75) is 18.9 Å². The van der Waals surface area contributed by atoms with Gasteiger partial charge in [0.2, 0.25) is 5.91 Å². The normalized spacial score (nSPS) is 18.4. The summed E-state index contributed by atoms with van der Waals surface area (Å²) in [6.07, 6.45) is 2.01. The lowest BCUT2D eigenvalue weighted by Gasteiger charge is -2.37. The lowest BCUT2D eigenvalue weighted by atomic mass is 9.79. The number of hydrogen-bond donors (Lipinski definition) is 2. The van der Waals surface area contributed by atoms with Crippen LogP contribution in [0.25, 0.3) is 0 Å². The third-order valence-corrected chi connectivity index (χ3v) is 4.92. The Morgan fingerprint density at radius 3 is 2.71 bits per heavy atom. The second-order valence-corrected chi connectivity index (χ2v) is 7.26. The van der Waals surface area contributed by atoms with Crippen molar-refractivity contribution in [3.05, 3.63) is 34.9 Å². The van der Waals surface area contributed by atoms with Crippen LogP contribution in [0.5, 0.6) is 0 Å². The molecular formula is C18H28ClN3O2. The van der Waals surface area contributed by atoms with Gasteiger partial charge < -0.3 is 15.4 Å². The van der Waals surface area contributed by atoms with E-state index in [1.54, 1.807) is 7.11 Å². The van der Waals surface area contributed by atoms with E-state index in [4.69, 9.17) is 16.3 Å². The molecule has 1 unspecified atom stereocenters. The number of piperidine rings is 1. The Balaban J connectivity index is 2.07. The van der Waals surface area contributed by atoms with Gasteiger partial charge in [-0.25, -0.2) is 0 Å². The van der Waals surface area contributed by atoms with Crippen LogP contribution in [0, 0.1) is 5.41 Å². The van der Waals surface area contributed by atoms with Gasteiger partial charge >= 0.3 is 0 Å². The molecule has 0 spiro atoms. The molecule has 1 aliphatic heterocycles. The summed E-state index contributed by atoms with van der Waals surface area (Å²) in [5.74, 6) is -0.00345. The molecule has 0 aromatic heterocycles. The summed E-state index contributed by atoms with van der Waals surface area (Å²) in [5.41, 5.74) is 0.914. The summed E-state index contributed by atoms with van der Waals surface area (Å²) in [7, 11) is 5.53. The standard InChI is InChI=1S/C18H28ClN3O2/c1-22(2)16(14-5-4-6-15(19)11-14)17(23)21-12-18(13-24-3)7-9-20-10-8-18/h4-6,11,16,20H,7-10,12-13H2,1-3H3,(H,21,23). The van der Waals surface area contributed by atoms with Gasteiger partial charge in [-0.05, 0) is 57.7 Å². The van der Waals surface area contributed by atoms with E-state index in [0.29, 0.717) is 18.2 Å². The van der Waals surface area contributed by atoms with Gasteiger partial charge in [0, 0.05) is 24.1 Å². The molecule has 1 aromatic carbocycles. The minimum atomic E-state index is -0.356. The van der Waals surface area contributed by atoms with Gasteiger partial charge in [0.25, 0.3) is 0 Å². The Morgan fingerprint density at radius 2 is 2.12 bits per heavy atom. The quantitative estimate of drug-likeness (QED) is 0.788. The van der Waals surface area contributed by atoms with E-state index in [-0.39, 0.29) is 17.4 Å². The monoisotopic (exact) mass is 353 g/mol. The number of methoxy groups -OCH3 is 1. The molecule has 1 fully saturated rings. The first-order valence-corrected chi connectivity index (χ1v) is 8.74. The zero-order valence-electron chi connectivity index (χ0n) is 14.8. The number of halogens is 1. The second-order valence-electron chi connectivity index (χ2n) is 6.82. The Kier molecular flexibility index (Phi) is 7.04. The fraction of sp³-hybridized carbons (Fsp3) is 0.611. The van der Waals surface area contributed by atoms with Crippen LogP contribution in [0.3, 0.4) is 0 Å². The fourth-order valence-corrected chi connectivity index (χ4v) is 3.57. The van der Waals surface area contributed by atoms with Crippen LogP contribution in [0.2, 0.25) is 5.02 Å².